The molecule has 1 aromatic carbocycles. The van der Waals surface area contributed by atoms with Gasteiger partial charge in [-0.05, 0) is 81.5 Å². The van der Waals surface area contributed by atoms with Crippen molar-refractivity contribution in [3.8, 4) is 0 Å². The van der Waals surface area contributed by atoms with Crippen LogP contribution in [0.25, 0.3) is 0 Å². The molecule has 1 fully saturated rings. The van der Waals surface area contributed by atoms with Gasteiger partial charge in [0.15, 0.2) is 0 Å². The van der Waals surface area contributed by atoms with Crippen molar-refractivity contribution in [2.45, 2.75) is 71.6 Å². The fourth-order valence-electron chi connectivity index (χ4n) is 4.38. The summed E-state index contributed by atoms with van der Waals surface area (Å²) in [6.45, 7) is 11.2. The van der Waals surface area contributed by atoms with Crippen molar-refractivity contribution >= 4 is 15.9 Å². The first-order valence-electron chi connectivity index (χ1n) is 11.1. The molecule has 0 radical (unpaired) electrons. The fourth-order valence-corrected chi connectivity index (χ4v) is 6.43. The highest BCUT2D eigenvalue weighted by molar-refractivity contribution is 7.89. The number of carbonyl (C=O) groups is 1. The second kappa shape index (κ2) is 10.7. The van der Waals surface area contributed by atoms with E-state index in [1.807, 2.05) is 33.8 Å². The molecule has 170 valence electrons. The maximum absolute atomic E-state index is 13.4. The Morgan fingerprint density at radius 3 is 2.20 bits per heavy atom. The largest absolute Gasteiger partial charge is 0.396 e. The standard InChI is InChI=1S/C23H38N2O4S/c1-6-7-20(10-13-26)15-24-23(27)21-8-11-25(12-9-21)30(28,29)22-18(4)16(2)14-17(3)19(22)5/h14,20-21,26H,6-13,15H2,1-5H3,(H,24,27). The molecule has 1 atom stereocenters. The van der Waals surface area contributed by atoms with E-state index in [4.69, 9.17) is 0 Å². The third kappa shape index (κ3) is 5.62. The van der Waals surface area contributed by atoms with E-state index in [1.165, 1.54) is 4.31 Å². The number of aryl methyl sites for hydroxylation is 2. The summed E-state index contributed by atoms with van der Waals surface area (Å²) in [5.74, 6) is 0.138. The van der Waals surface area contributed by atoms with E-state index < -0.39 is 10.0 Å². The molecule has 1 aromatic rings. The van der Waals surface area contributed by atoms with Crippen LogP contribution >= 0.6 is 0 Å². The van der Waals surface area contributed by atoms with Gasteiger partial charge in [0.25, 0.3) is 0 Å². The quantitative estimate of drug-likeness (QED) is 0.620. The zero-order valence-corrected chi connectivity index (χ0v) is 19.9. The lowest BCUT2D eigenvalue weighted by Crippen LogP contribution is -2.44. The van der Waals surface area contributed by atoms with Gasteiger partial charge in [0.1, 0.15) is 0 Å². The monoisotopic (exact) mass is 438 g/mol. The minimum Gasteiger partial charge on any atom is -0.396 e. The Kier molecular flexibility index (Phi) is 8.88. The maximum atomic E-state index is 13.4. The Bertz CT molecular complexity index is 811. The van der Waals surface area contributed by atoms with Crippen molar-refractivity contribution in [1.82, 2.24) is 9.62 Å². The summed E-state index contributed by atoms with van der Waals surface area (Å²) < 4.78 is 28.3. The lowest BCUT2D eigenvalue weighted by molar-refractivity contribution is -0.126. The maximum Gasteiger partial charge on any atom is 0.243 e. The molecule has 7 heteroatoms. The summed E-state index contributed by atoms with van der Waals surface area (Å²) in [7, 11) is -3.58. The Hall–Kier alpha value is -1.44. The first kappa shape index (κ1) is 24.8. The van der Waals surface area contributed by atoms with Crippen molar-refractivity contribution < 1.29 is 18.3 Å². The minimum absolute atomic E-state index is 0.00449. The molecule has 6 nitrogen and oxygen atoms in total. The van der Waals surface area contributed by atoms with E-state index in [9.17, 15) is 18.3 Å². The van der Waals surface area contributed by atoms with E-state index in [0.29, 0.717) is 49.7 Å². The molecule has 0 aromatic heterocycles. The van der Waals surface area contributed by atoms with E-state index in [1.54, 1.807) is 0 Å². The summed E-state index contributed by atoms with van der Waals surface area (Å²) in [6.07, 6.45) is 3.76. The van der Waals surface area contributed by atoms with E-state index >= 15 is 0 Å². The number of aliphatic hydroxyl groups is 1. The second-order valence-corrected chi connectivity index (χ2v) is 10.6. The van der Waals surface area contributed by atoms with Gasteiger partial charge < -0.3 is 10.4 Å². The number of piperidine rings is 1. The predicted molar refractivity (Wildman–Crippen MR) is 120 cm³/mol. The van der Waals surface area contributed by atoms with E-state index in [-0.39, 0.29) is 18.4 Å². The van der Waals surface area contributed by atoms with Gasteiger partial charge >= 0.3 is 0 Å². The van der Waals surface area contributed by atoms with Crippen LogP contribution in [0, 0.1) is 39.5 Å². The number of nitrogens with zero attached hydrogens (tertiary/aromatic N) is 1. The molecule has 0 saturated carbocycles. The van der Waals surface area contributed by atoms with Crippen molar-refractivity contribution in [2.75, 3.05) is 26.2 Å². The van der Waals surface area contributed by atoms with Gasteiger partial charge in [-0.25, -0.2) is 8.42 Å². The molecule has 0 bridgehead atoms. The fraction of sp³-hybridized carbons (Fsp3) is 0.696. The average Bonchev–Trinajstić information content (AvgIpc) is 2.71. The molecule has 1 unspecified atom stereocenters. The summed E-state index contributed by atoms with van der Waals surface area (Å²) in [4.78, 5) is 13.0. The average molecular weight is 439 g/mol. The van der Waals surface area contributed by atoms with Crippen LogP contribution in [-0.2, 0) is 14.8 Å². The lowest BCUT2D eigenvalue weighted by Gasteiger charge is -2.32. The molecular formula is C23H38N2O4S. The molecule has 0 spiro atoms. The Balaban J connectivity index is 2.02. The number of rotatable bonds is 9. The zero-order chi connectivity index (χ0) is 22.5. The summed E-state index contributed by atoms with van der Waals surface area (Å²) in [5.41, 5.74) is 3.58. The number of amides is 1. The molecule has 1 amide bonds. The zero-order valence-electron chi connectivity index (χ0n) is 19.1. The molecule has 1 saturated heterocycles. The van der Waals surface area contributed by atoms with E-state index in [0.717, 1.165) is 35.1 Å². The Labute approximate surface area is 182 Å². The molecular weight excluding hydrogens is 400 g/mol. The van der Waals surface area contributed by atoms with Gasteiger partial charge in [-0.1, -0.05) is 19.4 Å². The van der Waals surface area contributed by atoms with Crippen molar-refractivity contribution in [2.24, 2.45) is 11.8 Å². The van der Waals surface area contributed by atoms with Gasteiger partial charge in [-0.2, -0.15) is 4.31 Å². The van der Waals surface area contributed by atoms with Crippen LogP contribution < -0.4 is 5.32 Å². The third-order valence-corrected chi connectivity index (χ3v) is 8.69. The van der Waals surface area contributed by atoms with Crippen LogP contribution in [-0.4, -0.2) is 50.0 Å². The topological polar surface area (TPSA) is 86.7 Å². The third-order valence-electron chi connectivity index (χ3n) is 6.52. The summed E-state index contributed by atoms with van der Waals surface area (Å²) in [5, 5.41) is 12.2. The number of aliphatic hydroxyl groups excluding tert-OH is 1. The van der Waals surface area contributed by atoms with Crippen molar-refractivity contribution in [3.63, 3.8) is 0 Å². The molecule has 2 rings (SSSR count). The van der Waals surface area contributed by atoms with Crippen LogP contribution in [0.1, 0.15) is 61.3 Å². The predicted octanol–water partition coefficient (Wildman–Crippen LogP) is 3.24. The number of carbonyl (C=O) groups excluding carboxylic acids is 1. The van der Waals surface area contributed by atoms with Gasteiger partial charge in [0, 0.05) is 32.2 Å². The number of hydrogen-bond acceptors (Lipinski definition) is 4. The highest BCUT2D eigenvalue weighted by Gasteiger charge is 2.34. The van der Waals surface area contributed by atoms with Crippen molar-refractivity contribution in [3.05, 3.63) is 28.3 Å². The summed E-state index contributed by atoms with van der Waals surface area (Å²) >= 11 is 0. The Morgan fingerprint density at radius 1 is 1.13 bits per heavy atom. The van der Waals surface area contributed by atoms with Crippen molar-refractivity contribution in [1.29, 1.82) is 0 Å². The van der Waals surface area contributed by atoms with Crippen LogP contribution in [0.2, 0.25) is 0 Å². The number of sulfonamides is 1. The van der Waals surface area contributed by atoms with Crippen LogP contribution in [0.4, 0.5) is 0 Å². The Morgan fingerprint density at radius 2 is 1.70 bits per heavy atom. The minimum atomic E-state index is -3.58. The normalized spacial score (nSPS) is 17.1. The first-order chi connectivity index (χ1) is 14.1. The van der Waals surface area contributed by atoms with Gasteiger partial charge in [0.2, 0.25) is 15.9 Å². The smallest absolute Gasteiger partial charge is 0.243 e. The van der Waals surface area contributed by atoms with E-state index in [2.05, 4.69) is 12.2 Å². The highest BCUT2D eigenvalue weighted by atomic mass is 32.2. The molecule has 30 heavy (non-hydrogen) atoms. The lowest BCUT2D eigenvalue weighted by atomic mass is 9.96. The number of nitrogens with one attached hydrogen (secondary N) is 1. The van der Waals surface area contributed by atoms with Crippen LogP contribution in [0.3, 0.4) is 0 Å². The first-order valence-corrected chi connectivity index (χ1v) is 12.5. The summed E-state index contributed by atoms with van der Waals surface area (Å²) in [6, 6.07) is 2.03. The van der Waals surface area contributed by atoms with Gasteiger partial charge in [-0.15, -0.1) is 0 Å². The van der Waals surface area contributed by atoms with Gasteiger partial charge in [-0.3, -0.25) is 4.79 Å². The highest BCUT2D eigenvalue weighted by Crippen LogP contribution is 2.31. The SMILES string of the molecule is CCCC(CCO)CNC(=O)C1CCN(S(=O)(=O)c2c(C)c(C)cc(C)c2C)CC1. The van der Waals surface area contributed by atoms with Crippen LogP contribution in [0.5, 0.6) is 0 Å². The molecule has 2 N–H and O–H groups in total. The number of benzene rings is 1. The van der Waals surface area contributed by atoms with Crippen LogP contribution in [0.15, 0.2) is 11.0 Å². The van der Waals surface area contributed by atoms with Gasteiger partial charge in [0.05, 0.1) is 4.90 Å². The molecule has 0 aliphatic carbocycles. The molecule has 1 heterocycles. The second-order valence-electron chi connectivity index (χ2n) is 8.68. The molecule has 1 aliphatic rings. The molecule has 1 aliphatic heterocycles. The number of hydrogen-bond donors (Lipinski definition) is 2.